The lowest BCUT2D eigenvalue weighted by atomic mass is 9.66. The van der Waals surface area contributed by atoms with Gasteiger partial charge in [0.15, 0.2) is 0 Å². The van der Waals surface area contributed by atoms with Crippen LogP contribution in [0.25, 0.3) is 0 Å². The SMILES string of the molecule is Cc1ncsc1CN1CCC(N2CC3(CCCC3)C2c2ccccc2)CC1. The molecule has 0 amide bonds. The van der Waals surface area contributed by atoms with Gasteiger partial charge in [-0.25, -0.2) is 4.98 Å². The summed E-state index contributed by atoms with van der Waals surface area (Å²) in [6, 6.07) is 12.8. The summed E-state index contributed by atoms with van der Waals surface area (Å²) in [4.78, 5) is 11.4. The van der Waals surface area contributed by atoms with Gasteiger partial charge in [-0.1, -0.05) is 43.2 Å². The lowest BCUT2D eigenvalue weighted by Gasteiger charge is -2.60. The van der Waals surface area contributed by atoms with Gasteiger partial charge in [0.2, 0.25) is 0 Å². The topological polar surface area (TPSA) is 19.4 Å². The first-order valence-electron chi connectivity index (χ1n) is 10.7. The fourth-order valence-corrected chi connectivity index (χ4v) is 6.72. The Hall–Kier alpha value is -1.23. The highest BCUT2D eigenvalue weighted by Gasteiger charge is 2.55. The summed E-state index contributed by atoms with van der Waals surface area (Å²) in [7, 11) is 0. The standard InChI is InChI=1S/C23H31N3S/c1-18-21(27-17-24-18)15-25-13-9-20(10-14-25)26-16-23(11-5-6-12-23)22(26)19-7-3-2-4-8-19/h2-4,7-8,17,20,22H,5-6,9-16H2,1H3. The Morgan fingerprint density at radius 3 is 2.52 bits per heavy atom. The van der Waals surface area contributed by atoms with E-state index in [0.717, 1.165) is 12.6 Å². The minimum atomic E-state index is 0.582. The summed E-state index contributed by atoms with van der Waals surface area (Å²) in [5.74, 6) is 0. The molecule has 2 aromatic rings. The van der Waals surface area contributed by atoms with Crippen LogP contribution in [0.2, 0.25) is 0 Å². The summed E-state index contributed by atoms with van der Waals surface area (Å²) in [5, 5.41) is 0. The van der Waals surface area contributed by atoms with Crippen LogP contribution in [0.4, 0.5) is 0 Å². The van der Waals surface area contributed by atoms with Gasteiger partial charge in [-0.2, -0.15) is 0 Å². The second-order valence-electron chi connectivity index (χ2n) is 8.92. The number of benzene rings is 1. The maximum atomic E-state index is 4.42. The van der Waals surface area contributed by atoms with Gasteiger partial charge < -0.3 is 0 Å². The Labute approximate surface area is 167 Å². The molecule has 1 atom stereocenters. The van der Waals surface area contributed by atoms with Gasteiger partial charge >= 0.3 is 0 Å². The molecule has 0 bridgehead atoms. The van der Waals surface area contributed by atoms with Gasteiger partial charge in [-0.05, 0) is 38.2 Å². The number of rotatable bonds is 4. The third-order valence-electron chi connectivity index (χ3n) is 7.36. The number of piperidine rings is 1. The van der Waals surface area contributed by atoms with E-state index in [-0.39, 0.29) is 0 Å². The molecule has 2 saturated heterocycles. The summed E-state index contributed by atoms with van der Waals surface area (Å²) in [6.45, 7) is 7.03. The van der Waals surface area contributed by atoms with Crippen LogP contribution in [-0.2, 0) is 6.54 Å². The van der Waals surface area contributed by atoms with Crippen LogP contribution >= 0.6 is 11.3 Å². The van der Waals surface area contributed by atoms with Crippen LogP contribution in [0, 0.1) is 12.3 Å². The molecule has 4 heteroatoms. The highest BCUT2D eigenvalue weighted by atomic mass is 32.1. The number of aryl methyl sites for hydroxylation is 1. The van der Waals surface area contributed by atoms with E-state index in [0.29, 0.717) is 11.5 Å². The summed E-state index contributed by atoms with van der Waals surface area (Å²) >= 11 is 1.81. The molecule has 2 aliphatic heterocycles. The molecule has 1 aliphatic carbocycles. The third-order valence-corrected chi connectivity index (χ3v) is 8.28. The van der Waals surface area contributed by atoms with E-state index in [2.05, 4.69) is 52.0 Å². The van der Waals surface area contributed by atoms with E-state index in [4.69, 9.17) is 0 Å². The molecule has 3 heterocycles. The zero-order chi connectivity index (χ0) is 18.3. The highest BCUT2D eigenvalue weighted by Crippen LogP contribution is 2.59. The molecule has 1 spiro atoms. The van der Waals surface area contributed by atoms with Gasteiger partial charge in [0.1, 0.15) is 0 Å². The molecule has 3 nitrogen and oxygen atoms in total. The van der Waals surface area contributed by atoms with Crippen molar-refractivity contribution in [2.45, 2.75) is 64.1 Å². The lowest BCUT2D eigenvalue weighted by Crippen LogP contribution is -2.62. The van der Waals surface area contributed by atoms with Crippen molar-refractivity contribution >= 4 is 11.3 Å². The molecule has 1 aromatic carbocycles. The quantitative estimate of drug-likeness (QED) is 0.740. The van der Waals surface area contributed by atoms with Crippen molar-refractivity contribution in [3.05, 3.63) is 52.0 Å². The van der Waals surface area contributed by atoms with Crippen molar-refractivity contribution in [1.29, 1.82) is 0 Å². The molecule has 1 saturated carbocycles. The summed E-state index contributed by atoms with van der Waals surface area (Å²) in [5.41, 5.74) is 5.35. The molecule has 0 radical (unpaired) electrons. The van der Waals surface area contributed by atoms with Crippen LogP contribution in [0.5, 0.6) is 0 Å². The number of hydrogen-bond donors (Lipinski definition) is 0. The maximum Gasteiger partial charge on any atom is 0.0798 e. The predicted octanol–water partition coefficient (Wildman–Crippen LogP) is 5.03. The van der Waals surface area contributed by atoms with Gasteiger partial charge in [-0.15, -0.1) is 11.3 Å². The largest absolute Gasteiger partial charge is 0.298 e. The second-order valence-corrected chi connectivity index (χ2v) is 9.86. The maximum absolute atomic E-state index is 4.42. The zero-order valence-corrected chi connectivity index (χ0v) is 17.3. The Bertz CT molecular complexity index is 757. The monoisotopic (exact) mass is 381 g/mol. The van der Waals surface area contributed by atoms with E-state index >= 15 is 0 Å². The highest BCUT2D eigenvalue weighted by molar-refractivity contribution is 7.09. The summed E-state index contributed by atoms with van der Waals surface area (Å²) in [6.07, 6.45) is 8.38. The molecule has 3 aliphatic rings. The minimum Gasteiger partial charge on any atom is -0.298 e. The van der Waals surface area contributed by atoms with Crippen molar-refractivity contribution in [3.8, 4) is 0 Å². The number of nitrogens with zero attached hydrogens (tertiary/aromatic N) is 3. The lowest BCUT2D eigenvalue weighted by molar-refractivity contribution is -0.112. The zero-order valence-electron chi connectivity index (χ0n) is 16.4. The Kier molecular flexibility index (Phi) is 4.83. The van der Waals surface area contributed by atoms with Crippen LogP contribution in [0.15, 0.2) is 35.8 Å². The predicted molar refractivity (Wildman–Crippen MR) is 112 cm³/mol. The van der Waals surface area contributed by atoms with Crippen LogP contribution in [0.3, 0.4) is 0 Å². The number of aromatic nitrogens is 1. The average molecular weight is 382 g/mol. The fourth-order valence-electron chi connectivity index (χ4n) is 5.90. The molecular weight excluding hydrogens is 350 g/mol. The fraction of sp³-hybridized carbons (Fsp3) is 0.609. The van der Waals surface area contributed by atoms with Crippen LogP contribution in [0.1, 0.15) is 60.7 Å². The third kappa shape index (κ3) is 3.26. The molecule has 1 aromatic heterocycles. The van der Waals surface area contributed by atoms with E-state index in [1.807, 2.05) is 16.8 Å². The first-order chi connectivity index (χ1) is 13.3. The van der Waals surface area contributed by atoms with Crippen molar-refractivity contribution in [2.24, 2.45) is 5.41 Å². The van der Waals surface area contributed by atoms with Gasteiger partial charge in [0, 0.05) is 48.6 Å². The van der Waals surface area contributed by atoms with E-state index in [9.17, 15) is 0 Å². The Balaban J connectivity index is 1.26. The van der Waals surface area contributed by atoms with Crippen molar-refractivity contribution in [2.75, 3.05) is 19.6 Å². The molecule has 5 rings (SSSR count). The van der Waals surface area contributed by atoms with Gasteiger partial charge in [0.25, 0.3) is 0 Å². The first kappa shape index (κ1) is 17.8. The molecule has 0 N–H and O–H groups in total. The number of thiazole rings is 1. The van der Waals surface area contributed by atoms with E-state index in [1.165, 1.54) is 68.7 Å². The normalized spacial score (nSPS) is 26.5. The van der Waals surface area contributed by atoms with Crippen LogP contribution in [-0.4, -0.2) is 40.5 Å². The molecular formula is C23H31N3S. The van der Waals surface area contributed by atoms with Gasteiger partial charge in [0.05, 0.1) is 11.2 Å². The van der Waals surface area contributed by atoms with Gasteiger partial charge in [-0.3, -0.25) is 9.80 Å². The molecule has 1 unspecified atom stereocenters. The van der Waals surface area contributed by atoms with Crippen molar-refractivity contribution in [3.63, 3.8) is 0 Å². The number of hydrogen-bond acceptors (Lipinski definition) is 4. The second kappa shape index (κ2) is 7.31. The molecule has 144 valence electrons. The molecule has 3 fully saturated rings. The minimum absolute atomic E-state index is 0.582. The molecule has 27 heavy (non-hydrogen) atoms. The van der Waals surface area contributed by atoms with Crippen molar-refractivity contribution < 1.29 is 0 Å². The summed E-state index contributed by atoms with van der Waals surface area (Å²) < 4.78 is 0. The van der Waals surface area contributed by atoms with Crippen molar-refractivity contribution in [1.82, 2.24) is 14.8 Å². The Morgan fingerprint density at radius 2 is 1.85 bits per heavy atom. The van der Waals surface area contributed by atoms with Crippen LogP contribution < -0.4 is 0 Å². The van der Waals surface area contributed by atoms with E-state index < -0.39 is 0 Å². The number of likely N-dealkylation sites (tertiary alicyclic amines) is 2. The first-order valence-corrected chi connectivity index (χ1v) is 11.6. The van der Waals surface area contributed by atoms with E-state index in [1.54, 1.807) is 5.56 Å². The average Bonchev–Trinajstić information content (AvgIpc) is 3.33. The smallest absolute Gasteiger partial charge is 0.0798 e. The Morgan fingerprint density at radius 1 is 1.11 bits per heavy atom.